The summed E-state index contributed by atoms with van der Waals surface area (Å²) in [6, 6.07) is 10.8. The molecule has 0 aliphatic heterocycles. The van der Waals surface area contributed by atoms with E-state index in [0.29, 0.717) is 22.7 Å². The van der Waals surface area contributed by atoms with Crippen molar-refractivity contribution in [3.63, 3.8) is 0 Å². The van der Waals surface area contributed by atoms with Gasteiger partial charge >= 0.3 is 5.97 Å². The maximum absolute atomic E-state index is 11.8. The van der Waals surface area contributed by atoms with Crippen molar-refractivity contribution >= 4 is 17.3 Å². The number of nitrogens with zero attached hydrogens (tertiary/aromatic N) is 3. The van der Waals surface area contributed by atoms with Gasteiger partial charge in [-0.05, 0) is 43.3 Å². The molecule has 106 valence electrons. The Hall–Kier alpha value is -2.89. The average molecular weight is 282 g/mol. The molecule has 0 spiro atoms. The highest BCUT2D eigenvalue weighted by Gasteiger charge is 2.16. The first-order valence-corrected chi connectivity index (χ1v) is 6.41. The molecule has 21 heavy (non-hydrogen) atoms. The number of esters is 1. The normalized spacial score (nSPS) is 10.8. The fourth-order valence-corrected chi connectivity index (χ4v) is 2.11. The van der Waals surface area contributed by atoms with Crippen molar-refractivity contribution in [3.8, 4) is 11.4 Å². The van der Waals surface area contributed by atoms with E-state index in [1.807, 2.05) is 19.1 Å². The summed E-state index contributed by atoms with van der Waals surface area (Å²) in [5.74, 6) is 0.103. The maximum atomic E-state index is 11.8. The number of nitrogen functional groups attached to an aromatic ring is 1. The van der Waals surface area contributed by atoms with E-state index >= 15 is 0 Å². The highest BCUT2D eigenvalue weighted by atomic mass is 16.5. The molecule has 0 radical (unpaired) electrons. The highest BCUT2D eigenvalue weighted by Crippen LogP contribution is 2.20. The van der Waals surface area contributed by atoms with Gasteiger partial charge in [-0.3, -0.25) is 0 Å². The zero-order valence-electron chi connectivity index (χ0n) is 11.7. The summed E-state index contributed by atoms with van der Waals surface area (Å²) in [7, 11) is 1.34. The molecule has 0 fully saturated rings. The number of nitrogens with two attached hydrogens (primary N) is 1. The van der Waals surface area contributed by atoms with E-state index in [4.69, 9.17) is 10.5 Å². The van der Waals surface area contributed by atoms with Gasteiger partial charge in [-0.2, -0.15) is 0 Å². The van der Waals surface area contributed by atoms with Crippen LogP contribution in [0.3, 0.4) is 0 Å². The molecule has 0 saturated heterocycles. The molecule has 2 aromatic heterocycles. The lowest BCUT2D eigenvalue weighted by atomic mass is 10.2. The molecule has 3 aromatic rings. The number of ether oxygens (including phenoxy) is 1. The van der Waals surface area contributed by atoms with Gasteiger partial charge in [0.15, 0.2) is 11.5 Å². The van der Waals surface area contributed by atoms with Gasteiger partial charge in [0.1, 0.15) is 5.56 Å². The Morgan fingerprint density at radius 3 is 2.57 bits per heavy atom. The van der Waals surface area contributed by atoms with Crippen LogP contribution in [0.25, 0.3) is 17.0 Å². The maximum Gasteiger partial charge on any atom is 0.341 e. The number of anilines is 1. The molecule has 3 rings (SSSR count). The van der Waals surface area contributed by atoms with E-state index in [1.54, 1.807) is 28.8 Å². The smallest absolute Gasteiger partial charge is 0.341 e. The van der Waals surface area contributed by atoms with E-state index < -0.39 is 5.97 Å². The highest BCUT2D eigenvalue weighted by molar-refractivity contribution is 5.96. The Morgan fingerprint density at radius 1 is 1.19 bits per heavy atom. The Labute approximate surface area is 121 Å². The summed E-state index contributed by atoms with van der Waals surface area (Å²) in [6.07, 6.45) is 0. The molecule has 1 aromatic carbocycles. The summed E-state index contributed by atoms with van der Waals surface area (Å²) in [6.45, 7) is 1.90. The van der Waals surface area contributed by atoms with Gasteiger partial charge in [0.05, 0.1) is 7.11 Å². The van der Waals surface area contributed by atoms with E-state index in [0.717, 1.165) is 11.3 Å². The number of methoxy groups -OCH3 is 1. The molecule has 0 aliphatic rings. The van der Waals surface area contributed by atoms with Gasteiger partial charge < -0.3 is 10.5 Å². The Balaban J connectivity index is 2.21. The van der Waals surface area contributed by atoms with Crippen molar-refractivity contribution in [2.45, 2.75) is 6.92 Å². The predicted octanol–water partition coefficient (Wildman–Crippen LogP) is 2.07. The lowest BCUT2D eigenvalue weighted by Gasteiger charge is -2.02. The molecule has 0 unspecified atom stereocenters. The Kier molecular flexibility index (Phi) is 3.06. The minimum Gasteiger partial charge on any atom is -0.465 e. The lowest BCUT2D eigenvalue weighted by Crippen LogP contribution is -2.06. The Bertz CT molecular complexity index is 822. The van der Waals surface area contributed by atoms with Crippen LogP contribution in [0, 0.1) is 6.92 Å². The lowest BCUT2D eigenvalue weighted by molar-refractivity contribution is 0.0602. The number of aromatic nitrogens is 3. The third kappa shape index (κ3) is 2.20. The number of fused-ring (bicyclic) bond motifs is 1. The zero-order chi connectivity index (χ0) is 15.0. The quantitative estimate of drug-likeness (QED) is 0.574. The second kappa shape index (κ2) is 4.90. The summed E-state index contributed by atoms with van der Waals surface area (Å²) in [4.78, 5) is 16.3. The van der Waals surface area contributed by atoms with Crippen molar-refractivity contribution in [1.29, 1.82) is 0 Å². The molecule has 6 nitrogen and oxygen atoms in total. The van der Waals surface area contributed by atoms with Gasteiger partial charge in [-0.1, -0.05) is 0 Å². The first-order chi connectivity index (χ1) is 10.1. The summed E-state index contributed by atoms with van der Waals surface area (Å²) in [5, 5.41) is 4.45. The van der Waals surface area contributed by atoms with Crippen molar-refractivity contribution in [1.82, 2.24) is 14.6 Å². The fourth-order valence-electron chi connectivity index (χ4n) is 2.11. The number of aryl methyl sites for hydroxylation is 1. The van der Waals surface area contributed by atoms with Crippen LogP contribution in [-0.4, -0.2) is 27.7 Å². The van der Waals surface area contributed by atoms with Crippen LogP contribution >= 0.6 is 0 Å². The Morgan fingerprint density at radius 2 is 1.90 bits per heavy atom. The van der Waals surface area contributed by atoms with Crippen LogP contribution in [0.2, 0.25) is 0 Å². The molecule has 0 saturated carbocycles. The molecule has 2 heterocycles. The third-order valence-electron chi connectivity index (χ3n) is 3.25. The average Bonchev–Trinajstić information content (AvgIpc) is 2.93. The number of pyridine rings is 1. The molecule has 6 heteroatoms. The zero-order valence-corrected chi connectivity index (χ0v) is 11.7. The van der Waals surface area contributed by atoms with Crippen LogP contribution in [0.15, 0.2) is 36.4 Å². The fraction of sp³-hybridized carbons (Fsp3) is 0.133. The topological polar surface area (TPSA) is 82.5 Å². The number of hydrogen-bond acceptors (Lipinski definition) is 5. The molecule has 0 aliphatic carbocycles. The molecular weight excluding hydrogens is 268 g/mol. The van der Waals surface area contributed by atoms with E-state index in [1.165, 1.54) is 7.11 Å². The van der Waals surface area contributed by atoms with Crippen molar-refractivity contribution in [2.24, 2.45) is 0 Å². The number of carbonyl (C=O) groups excluding carboxylic acids is 1. The van der Waals surface area contributed by atoms with E-state index in [2.05, 4.69) is 10.1 Å². The van der Waals surface area contributed by atoms with Crippen LogP contribution in [-0.2, 0) is 4.74 Å². The van der Waals surface area contributed by atoms with Crippen molar-refractivity contribution in [2.75, 3.05) is 12.8 Å². The van der Waals surface area contributed by atoms with E-state index in [9.17, 15) is 4.79 Å². The summed E-state index contributed by atoms with van der Waals surface area (Å²) >= 11 is 0. The number of hydrogen-bond donors (Lipinski definition) is 1. The first kappa shape index (κ1) is 13.1. The largest absolute Gasteiger partial charge is 0.465 e. The minimum absolute atomic E-state index is 0.386. The van der Waals surface area contributed by atoms with Gasteiger partial charge in [-0.15, -0.1) is 5.10 Å². The third-order valence-corrected chi connectivity index (χ3v) is 3.25. The molecule has 0 atom stereocenters. The summed E-state index contributed by atoms with van der Waals surface area (Å²) < 4.78 is 6.42. The van der Waals surface area contributed by atoms with Crippen LogP contribution in [0.4, 0.5) is 5.69 Å². The van der Waals surface area contributed by atoms with Gasteiger partial charge in [0, 0.05) is 16.9 Å². The van der Waals surface area contributed by atoms with Crippen LogP contribution in [0.5, 0.6) is 0 Å². The monoisotopic (exact) mass is 282 g/mol. The number of carbonyl (C=O) groups is 1. The van der Waals surface area contributed by atoms with Gasteiger partial charge in [-0.25, -0.2) is 14.3 Å². The van der Waals surface area contributed by atoms with E-state index in [-0.39, 0.29) is 0 Å². The summed E-state index contributed by atoms with van der Waals surface area (Å²) in [5.41, 5.74) is 8.94. The SMILES string of the molecule is COC(=O)c1ccc(C)n2nc(-c3ccc(N)cc3)nc12. The molecule has 2 N–H and O–H groups in total. The van der Waals surface area contributed by atoms with Crippen LogP contribution in [0.1, 0.15) is 16.1 Å². The van der Waals surface area contributed by atoms with Crippen molar-refractivity contribution < 1.29 is 9.53 Å². The molecule has 0 amide bonds. The van der Waals surface area contributed by atoms with Gasteiger partial charge in [0.2, 0.25) is 0 Å². The number of benzene rings is 1. The van der Waals surface area contributed by atoms with Gasteiger partial charge in [0.25, 0.3) is 0 Å². The van der Waals surface area contributed by atoms with Crippen molar-refractivity contribution in [3.05, 3.63) is 47.7 Å². The standard InChI is InChI=1S/C15H14N4O2/c1-9-3-8-12(15(20)21-2)14-17-13(18-19(9)14)10-4-6-11(16)7-5-10/h3-8H,16H2,1-2H3. The predicted molar refractivity (Wildman–Crippen MR) is 78.9 cm³/mol. The first-order valence-electron chi connectivity index (χ1n) is 6.41. The second-order valence-corrected chi connectivity index (χ2v) is 4.67. The van der Waals surface area contributed by atoms with Crippen LogP contribution < -0.4 is 5.73 Å². The number of rotatable bonds is 2. The second-order valence-electron chi connectivity index (χ2n) is 4.67. The minimum atomic E-state index is -0.434. The molecule has 0 bridgehead atoms. The molecular formula is C15H14N4O2.